The van der Waals surface area contributed by atoms with Gasteiger partial charge in [0.25, 0.3) is 0 Å². The molecule has 1 aliphatic rings. The molecule has 0 N–H and O–H groups in total. The van der Waals surface area contributed by atoms with E-state index in [1.807, 2.05) is 0 Å². The van der Waals surface area contributed by atoms with Gasteiger partial charge in [-0.2, -0.15) is 0 Å². The van der Waals surface area contributed by atoms with Crippen molar-refractivity contribution in [3.63, 3.8) is 0 Å². The standard InChI is InChI=1S/C18H15B.C4H7BrO2/c1-4-10-16(11-5-1)19(17-12-6-2-7-13-17)18-14-8-3-9-15-18;5-4-1-2-6-7-3-4/h1-15H;4H,1-3H2. The fourth-order valence-electron chi connectivity index (χ4n) is 2.95. The third-order valence-electron chi connectivity index (χ3n) is 4.25. The van der Waals surface area contributed by atoms with Gasteiger partial charge in [0.05, 0.1) is 13.2 Å². The summed E-state index contributed by atoms with van der Waals surface area (Å²) in [5, 5.41) is 0. The summed E-state index contributed by atoms with van der Waals surface area (Å²) < 4.78 is 0. The zero-order chi connectivity index (χ0) is 18.0. The normalized spacial score (nSPS) is 16.3. The van der Waals surface area contributed by atoms with Crippen molar-refractivity contribution in [1.29, 1.82) is 0 Å². The Balaban J connectivity index is 0.000000236. The van der Waals surface area contributed by atoms with Crippen LogP contribution in [0.15, 0.2) is 91.0 Å². The van der Waals surface area contributed by atoms with Crippen LogP contribution < -0.4 is 16.4 Å². The third-order valence-corrected chi connectivity index (χ3v) is 4.97. The number of hydrogen-bond acceptors (Lipinski definition) is 2. The molecule has 4 rings (SSSR count). The first-order chi connectivity index (χ1) is 12.8. The fraction of sp³-hybridized carbons (Fsp3) is 0.182. The van der Waals surface area contributed by atoms with Crippen molar-refractivity contribution < 1.29 is 9.78 Å². The van der Waals surface area contributed by atoms with E-state index in [1.54, 1.807) is 0 Å². The molecular formula is C22H22BBrO2. The Morgan fingerprint density at radius 2 is 1.08 bits per heavy atom. The maximum Gasteiger partial charge on any atom is 0.241 e. The molecule has 0 spiro atoms. The van der Waals surface area contributed by atoms with Gasteiger partial charge in [0.15, 0.2) is 0 Å². The highest BCUT2D eigenvalue weighted by molar-refractivity contribution is 9.09. The largest absolute Gasteiger partial charge is 0.241 e. The predicted molar refractivity (Wildman–Crippen MR) is 113 cm³/mol. The molecule has 1 unspecified atom stereocenters. The highest BCUT2D eigenvalue weighted by Gasteiger charge is 2.20. The van der Waals surface area contributed by atoms with E-state index >= 15 is 0 Å². The minimum Gasteiger partial charge on any atom is -0.237 e. The number of benzene rings is 3. The SMILES string of the molecule is BrC1CCOOC1.c1ccc(B(c2ccccc2)c2ccccc2)cc1. The van der Waals surface area contributed by atoms with E-state index in [2.05, 4.69) is 117 Å². The second-order valence-electron chi connectivity index (χ2n) is 6.16. The molecule has 3 aromatic rings. The summed E-state index contributed by atoms with van der Waals surface area (Å²) in [6.07, 6.45) is 1.06. The highest BCUT2D eigenvalue weighted by Crippen LogP contribution is 2.10. The van der Waals surface area contributed by atoms with Crippen LogP contribution in [0.3, 0.4) is 0 Å². The minimum absolute atomic E-state index is 0.309. The van der Waals surface area contributed by atoms with Crippen molar-refractivity contribution in [2.45, 2.75) is 11.2 Å². The predicted octanol–water partition coefficient (Wildman–Crippen LogP) is 3.30. The smallest absolute Gasteiger partial charge is 0.237 e. The van der Waals surface area contributed by atoms with Crippen molar-refractivity contribution in [2.75, 3.05) is 13.2 Å². The second kappa shape index (κ2) is 10.3. The van der Waals surface area contributed by atoms with E-state index in [0.29, 0.717) is 18.1 Å². The van der Waals surface area contributed by atoms with Gasteiger partial charge in [-0.1, -0.05) is 123 Å². The van der Waals surface area contributed by atoms with Gasteiger partial charge < -0.3 is 0 Å². The first kappa shape index (κ1) is 18.9. The molecule has 0 amide bonds. The Morgan fingerprint density at radius 3 is 1.35 bits per heavy atom. The summed E-state index contributed by atoms with van der Waals surface area (Å²) in [5.74, 6) is 0. The van der Waals surface area contributed by atoms with Gasteiger partial charge in [0.2, 0.25) is 6.71 Å². The molecule has 0 radical (unpaired) electrons. The molecule has 3 aromatic carbocycles. The van der Waals surface area contributed by atoms with Gasteiger partial charge in [0, 0.05) is 4.83 Å². The Bertz CT molecular complexity index is 653. The van der Waals surface area contributed by atoms with Crippen LogP contribution in [0.1, 0.15) is 6.42 Å². The lowest BCUT2D eigenvalue weighted by Crippen LogP contribution is -2.51. The van der Waals surface area contributed by atoms with Crippen molar-refractivity contribution in [1.82, 2.24) is 0 Å². The van der Waals surface area contributed by atoms with Crippen LogP contribution in [-0.4, -0.2) is 24.8 Å². The molecule has 132 valence electrons. The minimum atomic E-state index is 0.309. The lowest BCUT2D eigenvalue weighted by atomic mass is 9.37. The summed E-state index contributed by atoms with van der Waals surface area (Å²) in [6.45, 7) is 1.71. The fourth-order valence-corrected chi connectivity index (χ4v) is 3.25. The second-order valence-corrected chi connectivity index (χ2v) is 7.45. The Morgan fingerprint density at radius 1 is 0.654 bits per heavy atom. The van der Waals surface area contributed by atoms with Crippen LogP contribution in [0.5, 0.6) is 0 Å². The van der Waals surface area contributed by atoms with Crippen molar-refractivity contribution >= 4 is 39.0 Å². The monoisotopic (exact) mass is 408 g/mol. The molecule has 2 nitrogen and oxygen atoms in total. The van der Waals surface area contributed by atoms with Crippen LogP contribution in [0.4, 0.5) is 0 Å². The zero-order valence-electron chi connectivity index (χ0n) is 14.6. The first-order valence-corrected chi connectivity index (χ1v) is 9.79. The third kappa shape index (κ3) is 5.56. The van der Waals surface area contributed by atoms with Crippen LogP contribution in [0, 0.1) is 0 Å². The lowest BCUT2D eigenvalue weighted by molar-refractivity contribution is -0.310. The number of hydrogen-bond donors (Lipinski definition) is 0. The van der Waals surface area contributed by atoms with E-state index in [0.717, 1.165) is 13.0 Å². The lowest BCUT2D eigenvalue weighted by Gasteiger charge is -2.15. The quantitative estimate of drug-likeness (QED) is 0.376. The summed E-state index contributed by atoms with van der Waals surface area (Å²) in [6, 6.07) is 32.0. The summed E-state index contributed by atoms with van der Waals surface area (Å²) >= 11 is 3.38. The molecule has 26 heavy (non-hydrogen) atoms. The zero-order valence-corrected chi connectivity index (χ0v) is 16.2. The Labute approximate surface area is 164 Å². The number of alkyl halides is 1. The van der Waals surface area contributed by atoms with Gasteiger partial charge in [0.1, 0.15) is 0 Å². The van der Waals surface area contributed by atoms with E-state index in [9.17, 15) is 0 Å². The van der Waals surface area contributed by atoms with Crippen LogP contribution in [0.2, 0.25) is 0 Å². The van der Waals surface area contributed by atoms with Crippen molar-refractivity contribution in [3.05, 3.63) is 91.0 Å². The molecule has 0 bridgehead atoms. The van der Waals surface area contributed by atoms with Crippen LogP contribution >= 0.6 is 15.9 Å². The van der Waals surface area contributed by atoms with E-state index in [-0.39, 0.29) is 0 Å². The van der Waals surface area contributed by atoms with Crippen molar-refractivity contribution in [2.24, 2.45) is 0 Å². The van der Waals surface area contributed by atoms with Gasteiger partial charge in [-0.05, 0) is 6.42 Å². The molecule has 0 aliphatic carbocycles. The van der Waals surface area contributed by atoms with Gasteiger partial charge in [-0.25, -0.2) is 9.78 Å². The summed E-state index contributed by atoms with van der Waals surface area (Å²) in [4.78, 5) is 9.75. The van der Waals surface area contributed by atoms with Gasteiger partial charge in [-0.15, -0.1) is 0 Å². The summed E-state index contributed by atoms with van der Waals surface area (Å²) in [7, 11) is 0. The number of halogens is 1. The first-order valence-electron chi connectivity index (χ1n) is 8.88. The average molecular weight is 409 g/mol. The maximum atomic E-state index is 4.63. The van der Waals surface area contributed by atoms with Crippen LogP contribution in [-0.2, 0) is 9.78 Å². The van der Waals surface area contributed by atoms with Gasteiger partial charge in [-0.3, -0.25) is 0 Å². The molecular weight excluding hydrogens is 387 g/mol. The number of rotatable bonds is 3. The molecule has 1 aliphatic heterocycles. The Hall–Kier alpha value is -1.88. The molecule has 1 fully saturated rings. The molecule has 0 aromatic heterocycles. The van der Waals surface area contributed by atoms with Crippen molar-refractivity contribution in [3.8, 4) is 0 Å². The molecule has 4 heteroatoms. The van der Waals surface area contributed by atoms with Gasteiger partial charge >= 0.3 is 0 Å². The molecule has 1 atom stereocenters. The van der Waals surface area contributed by atoms with Crippen LogP contribution in [0.25, 0.3) is 0 Å². The summed E-state index contributed by atoms with van der Waals surface area (Å²) in [5.41, 5.74) is 4.00. The molecule has 1 saturated heterocycles. The van der Waals surface area contributed by atoms with E-state index in [4.69, 9.17) is 0 Å². The van der Waals surface area contributed by atoms with E-state index < -0.39 is 0 Å². The van der Waals surface area contributed by atoms with E-state index in [1.165, 1.54) is 16.4 Å². The average Bonchev–Trinajstić information content (AvgIpc) is 2.72. The maximum absolute atomic E-state index is 4.63. The molecule has 0 saturated carbocycles. The molecule has 1 heterocycles. The highest BCUT2D eigenvalue weighted by atomic mass is 79.9. The Kier molecular flexibility index (Phi) is 7.50. The topological polar surface area (TPSA) is 18.5 Å².